The molecule has 1 aliphatic rings. The largest absolute Gasteiger partial charge is 0.480 e. The molecule has 0 heterocycles. The van der Waals surface area contributed by atoms with Crippen molar-refractivity contribution >= 4 is 23.5 Å². The van der Waals surface area contributed by atoms with Crippen molar-refractivity contribution in [1.82, 2.24) is 5.32 Å². The van der Waals surface area contributed by atoms with Gasteiger partial charge in [0.25, 0.3) is 0 Å². The van der Waals surface area contributed by atoms with Crippen molar-refractivity contribution in [3.05, 3.63) is 34.6 Å². The van der Waals surface area contributed by atoms with E-state index in [1.54, 1.807) is 0 Å². The van der Waals surface area contributed by atoms with Crippen LogP contribution in [-0.2, 0) is 16.0 Å². The summed E-state index contributed by atoms with van der Waals surface area (Å²) in [5, 5.41) is 12.0. The lowest BCUT2D eigenvalue weighted by Gasteiger charge is -2.24. The number of carbonyl (C=O) groups excluding carboxylic acids is 1. The molecule has 2 N–H and O–H groups in total. The van der Waals surface area contributed by atoms with Gasteiger partial charge in [0.1, 0.15) is 11.2 Å². The highest BCUT2D eigenvalue weighted by molar-refractivity contribution is 6.30. The van der Waals surface area contributed by atoms with E-state index < -0.39 is 23.1 Å². The van der Waals surface area contributed by atoms with E-state index in [9.17, 15) is 19.1 Å². The van der Waals surface area contributed by atoms with Gasteiger partial charge in [-0.15, -0.1) is 0 Å². The third kappa shape index (κ3) is 3.10. The summed E-state index contributed by atoms with van der Waals surface area (Å²) in [5.41, 5.74) is -1.20. The Morgan fingerprint density at radius 1 is 1.50 bits per heavy atom. The van der Waals surface area contributed by atoms with Gasteiger partial charge in [-0.2, -0.15) is 0 Å². The topological polar surface area (TPSA) is 66.4 Å². The van der Waals surface area contributed by atoms with Gasteiger partial charge in [-0.1, -0.05) is 17.7 Å². The molecule has 0 spiro atoms. The van der Waals surface area contributed by atoms with Crippen LogP contribution in [0.1, 0.15) is 25.3 Å². The number of carboxylic acids is 1. The summed E-state index contributed by atoms with van der Waals surface area (Å²) in [4.78, 5) is 23.5. The van der Waals surface area contributed by atoms with Crippen LogP contribution < -0.4 is 5.32 Å². The van der Waals surface area contributed by atoms with Gasteiger partial charge >= 0.3 is 5.97 Å². The van der Waals surface area contributed by atoms with Crippen LogP contribution in [0.5, 0.6) is 0 Å². The van der Waals surface area contributed by atoms with Crippen molar-refractivity contribution < 1.29 is 19.1 Å². The van der Waals surface area contributed by atoms with Crippen molar-refractivity contribution in [2.75, 3.05) is 0 Å². The van der Waals surface area contributed by atoms with E-state index in [0.717, 1.165) is 18.9 Å². The first-order valence-corrected chi connectivity index (χ1v) is 6.69. The molecule has 108 valence electrons. The molecule has 1 fully saturated rings. The van der Waals surface area contributed by atoms with E-state index in [0.29, 0.717) is 5.56 Å². The van der Waals surface area contributed by atoms with Gasteiger partial charge in [0.05, 0.1) is 5.02 Å². The van der Waals surface area contributed by atoms with Crippen LogP contribution in [0.2, 0.25) is 5.02 Å². The van der Waals surface area contributed by atoms with Crippen LogP contribution in [0.3, 0.4) is 0 Å². The number of hydrogen-bond acceptors (Lipinski definition) is 2. The van der Waals surface area contributed by atoms with Crippen molar-refractivity contribution in [2.45, 2.75) is 32.2 Å². The normalized spacial score (nSPS) is 17.4. The highest BCUT2D eigenvalue weighted by Gasteiger charge is 2.43. The van der Waals surface area contributed by atoms with Crippen molar-refractivity contribution in [3.8, 4) is 0 Å². The molecule has 2 rings (SSSR count). The summed E-state index contributed by atoms with van der Waals surface area (Å²) in [7, 11) is 0. The van der Waals surface area contributed by atoms with Crippen LogP contribution in [0.4, 0.5) is 4.39 Å². The van der Waals surface area contributed by atoms with Crippen LogP contribution in [0.15, 0.2) is 18.2 Å². The van der Waals surface area contributed by atoms with Gasteiger partial charge in [-0.05, 0) is 43.9 Å². The molecule has 1 aromatic rings. The molecule has 0 aliphatic heterocycles. The highest BCUT2D eigenvalue weighted by Crippen LogP contribution is 2.28. The van der Waals surface area contributed by atoms with E-state index in [1.165, 1.54) is 19.1 Å². The van der Waals surface area contributed by atoms with E-state index in [4.69, 9.17) is 11.6 Å². The maximum absolute atomic E-state index is 13.4. The predicted octanol–water partition coefficient (Wildman–Crippen LogP) is 2.39. The average molecular weight is 300 g/mol. The first-order chi connectivity index (χ1) is 9.33. The maximum Gasteiger partial charge on any atom is 0.319 e. The zero-order valence-corrected chi connectivity index (χ0v) is 11.7. The zero-order chi connectivity index (χ0) is 14.9. The number of benzene rings is 1. The highest BCUT2D eigenvalue weighted by atomic mass is 35.5. The molecule has 20 heavy (non-hydrogen) atoms. The zero-order valence-electron chi connectivity index (χ0n) is 11.0. The summed E-state index contributed by atoms with van der Waals surface area (Å²) in [6.45, 7) is 1.35. The molecule has 6 heteroatoms. The minimum atomic E-state index is -1.62. The summed E-state index contributed by atoms with van der Waals surface area (Å²) in [6, 6.07) is 4.11. The molecule has 1 aliphatic carbocycles. The molecule has 0 bridgehead atoms. The van der Waals surface area contributed by atoms with Crippen molar-refractivity contribution in [3.63, 3.8) is 0 Å². The number of halogens is 2. The van der Waals surface area contributed by atoms with Gasteiger partial charge in [0, 0.05) is 6.04 Å². The smallest absolute Gasteiger partial charge is 0.319 e. The second-order valence-corrected chi connectivity index (χ2v) is 5.72. The summed E-state index contributed by atoms with van der Waals surface area (Å²) < 4.78 is 13.4. The fraction of sp³-hybridized carbons (Fsp3) is 0.429. The second-order valence-electron chi connectivity index (χ2n) is 5.31. The number of aliphatic carboxylic acids is 1. The van der Waals surface area contributed by atoms with E-state index in [2.05, 4.69) is 5.32 Å². The Balaban J connectivity index is 2.20. The number of rotatable bonds is 5. The van der Waals surface area contributed by atoms with Crippen LogP contribution in [0, 0.1) is 11.2 Å². The summed E-state index contributed by atoms with van der Waals surface area (Å²) >= 11 is 5.58. The van der Waals surface area contributed by atoms with Gasteiger partial charge in [-0.25, -0.2) is 4.39 Å². The maximum atomic E-state index is 13.4. The molecule has 0 saturated heterocycles. The van der Waals surface area contributed by atoms with E-state index >= 15 is 0 Å². The number of carbonyl (C=O) groups is 2. The Morgan fingerprint density at radius 2 is 2.15 bits per heavy atom. The van der Waals surface area contributed by atoms with Gasteiger partial charge in [0.2, 0.25) is 5.91 Å². The fourth-order valence-corrected chi connectivity index (χ4v) is 2.00. The third-order valence-corrected chi connectivity index (χ3v) is 3.73. The minimum absolute atomic E-state index is 0.0341. The van der Waals surface area contributed by atoms with Crippen LogP contribution in [-0.4, -0.2) is 23.0 Å². The lowest BCUT2D eigenvalue weighted by molar-refractivity contribution is -0.154. The molecular weight excluding hydrogens is 285 g/mol. The Morgan fingerprint density at radius 3 is 2.65 bits per heavy atom. The molecule has 1 saturated carbocycles. The predicted molar refractivity (Wildman–Crippen MR) is 72.0 cm³/mol. The Kier molecular flexibility index (Phi) is 3.99. The number of nitrogens with one attached hydrogen (secondary N) is 1. The SMILES string of the molecule is CC(Cc1ccc(Cl)c(F)c1)(C(=O)O)C(=O)NC1CC1. The lowest BCUT2D eigenvalue weighted by atomic mass is 9.82. The summed E-state index contributed by atoms with van der Waals surface area (Å²) in [5.74, 6) is -2.40. The molecule has 4 nitrogen and oxygen atoms in total. The number of hydrogen-bond donors (Lipinski definition) is 2. The summed E-state index contributed by atoms with van der Waals surface area (Å²) in [6.07, 6.45) is 1.66. The molecular formula is C14H15ClFNO3. The standard InChI is InChI=1S/C14H15ClFNO3/c1-14(13(19)20,12(18)17-9-3-4-9)7-8-2-5-10(15)11(16)6-8/h2,5-6,9H,3-4,7H2,1H3,(H,17,18)(H,19,20). The fourth-order valence-electron chi connectivity index (χ4n) is 1.88. The molecule has 1 aromatic carbocycles. The first kappa shape index (κ1) is 14.8. The van der Waals surface area contributed by atoms with Crippen molar-refractivity contribution in [2.24, 2.45) is 5.41 Å². The second kappa shape index (κ2) is 5.40. The Labute approximate surface area is 120 Å². The molecule has 1 unspecified atom stereocenters. The van der Waals surface area contributed by atoms with Gasteiger partial charge in [-0.3, -0.25) is 9.59 Å². The minimum Gasteiger partial charge on any atom is -0.480 e. The molecule has 1 atom stereocenters. The van der Waals surface area contributed by atoms with E-state index in [-0.39, 0.29) is 17.5 Å². The van der Waals surface area contributed by atoms with Gasteiger partial charge < -0.3 is 10.4 Å². The molecule has 0 aromatic heterocycles. The molecule has 0 radical (unpaired) electrons. The Bertz CT molecular complexity index is 559. The average Bonchev–Trinajstić information content (AvgIpc) is 3.17. The number of carboxylic acid groups (broad SMARTS) is 1. The Hall–Kier alpha value is -1.62. The first-order valence-electron chi connectivity index (χ1n) is 6.31. The number of amides is 1. The van der Waals surface area contributed by atoms with E-state index in [1.807, 2.05) is 0 Å². The van der Waals surface area contributed by atoms with Crippen molar-refractivity contribution in [1.29, 1.82) is 0 Å². The quantitative estimate of drug-likeness (QED) is 0.820. The molecule has 1 amide bonds. The monoisotopic (exact) mass is 299 g/mol. The van der Waals surface area contributed by atoms with Gasteiger partial charge in [0.15, 0.2) is 0 Å². The van der Waals surface area contributed by atoms with Crippen LogP contribution in [0.25, 0.3) is 0 Å². The van der Waals surface area contributed by atoms with Crippen LogP contribution >= 0.6 is 11.6 Å². The third-order valence-electron chi connectivity index (χ3n) is 3.43. The lowest BCUT2D eigenvalue weighted by Crippen LogP contribution is -2.46.